The van der Waals surface area contributed by atoms with Gasteiger partial charge in [-0.3, -0.25) is 4.79 Å². The molecular formula is C17H34N2O2. The molecule has 1 aliphatic heterocycles. The average Bonchev–Trinajstić information content (AvgIpc) is 2.36. The Kier molecular flexibility index (Phi) is 6.67. The van der Waals surface area contributed by atoms with Crippen molar-refractivity contribution in [3.63, 3.8) is 0 Å². The smallest absolute Gasteiger partial charge is 0.221 e. The standard InChI is InChI=1S/C17H34N2O2/c1-6-17(7-2)12-14(8-9-21-17)19-15(20)10-13(18)11-16(3,4)5/h13-14H,6-12,18H2,1-5H3,(H,19,20). The summed E-state index contributed by atoms with van der Waals surface area (Å²) in [5.74, 6) is 0.0831. The first-order valence-electron chi connectivity index (χ1n) is 8.38. The Balaban J connectivity index is 2.44. The fraction of sp³-hybridized carbons (Fsp3) is 0.941. The molecule has 0 spiro atoms. The second kappa shape index (κ2) is 7.59. The molecule has 4 heteroatoms. The van der Waals surface area contributed by atoms with E-state index in [0.29, 0.717) is 6.42 Å². The first-order chi connectivity index (χ1) is 9.69. The van der Waals surface area contributed by atoms with Crippen LogP contribution in [-0.2, 0) is 9.53 Å². The number of carbonyl (C=O) groups is 1. The van der Waals surface area contributed by atoms with E-state index in [2.05, 4.69) is 39.9 Å². The van der Waals surface area contributed by atoms with E-state index in [0.717, 1.165) is 38.7 Å². The average molecular weight is 298 g/mol. The molecule has 1 rings (SSSR count). The molecule has 4 nitrogen and oxygen atoms in total. The summed E-state index contributed by atoms with van der Waals surface area (Å²) >= 11 is 0. The highest BCUT2D eigenvalue weighted by molar-refractivity contribution is 5.76. The molecule has 0 saturated carbocycles. The first-order valence-corrected chi connectivity index (χ1v) is 8.38. The van der Waals surface area contributed by atoms with Crippen LogP contribution in [0.1, 0.15) is 73.1 Å². The summed E-state index contributed by atoms with van der Waals surface area (Å²) in [4.78, 5) is 12.2. The number of nitrogens with one attached hydrogen (secondary N) is 1. The van der Waals surface area contributed by atoms with Gasteiger partial charge in [0.25, 0.3) is 0 Å². The number of nitrogens with two attached hydrogens (primary N) is 1. The maximum Gasteiger partial charge on any atom is 0.221 e. The Morgan fingerprint density at radius 3 is 2.52 bits per heavy atom. The molecule has 2 unspecified atom stereocenters. The Morgan fingerprint density at radius 2 is 2.00 bits per heavy atom. The lowest BCUT2D eigenvalue weighted by molar-refractivity contribution is -0.126. The lowest BCUT2D eigenvalue weighted by Crippen LogP contribution is -2.49. The zero-order chi connectivity index (χ0) is 16.1. The number of hydrogen-bond donors (Lipinski definition) is 2. The highest BCUT2D eigenvalue weighted by atomic mass is 16.5. The molecule has 1 heterocycles. The Bertz CT molecular complexity index is 332. The lowest BCUT2D eigenvalue weighted by atomic mass is 9.85. The third-order valence-electron chi connectivity index (χ3n) is 4.47. The van der Waals surface area contributed by atoms with Crippen molar-refractivity contribution in [2.24, 2.45) is 11.1 Å². The largest absolute Gasteiger partial charge is 0.375 e. The van der Waals surface area contributed by atoms with Crippen LogP contribution in [0.4, 0.5) is 0 Å². The molecule has 0 aliphatic carbocycles. The summed E-state index contributed by atoms with van der Waals surface area (Å²) in [6.07, 6.45) is 5.10. The van der Waals surface area contributed by atoms with Crippen LogP contribution >= 0.6 is 0 Å². The molecule has 1 fully saturated rings. The molecule has 3 N–H and O–H groups in total. The third kappa shape index (κ3) is 6.35. The van der Waals surface area contributed by atoms with Crippen LogP contribution in [0.25, 0.3) is 0 Å². The third-order valence-corrected chi connectivity index (χ3v) is 4.47. The highest BCUT2D eigenvalue weighted by Crippen LogP contribution is 2.31. The van der Waals surface area contributed by atoms with Crippen molar-refractivity contribution < 1.29 is 9.53 Å². The van der Waals surface area contributed by atoms with Gasteiger partial charge in [0, 0.05) is 25.1 Å². The number of hydrogen-bond acceptors (Lipinski definition) is 3. The quantitative estimate of drug-likeness (QED) is 0.792. The molecule has 124 valence electrons. The van der Waals surface area contributed by atoms with E-state index in [1.165, 1.54) is 0 Å². The van der Waals surface area contributed by atoms with Crippen molar-refractivity contribution in [3.8, 4) is 0 Å². The lowest BCUT2D eigenvalue weighted by Gasteiger charge is -2.40. The maximum atomic E-state index is 12.2. The summed E-state index contributed by atoms with van der Waals surface area (Å²) in [5.41, 5.74) is 6.20. The van der Waals surface area contributed by atoms with Gasteiger partial charge in [-0.1, -0.05) is 34.6 Å². The van der Waals surface area contributed by atoms with Crippen molar-refractivity contribution in [1.29, 1.82) is 0 Å². The van der Waals surface area contributed by atoms with Crippen LogP contribution in [0.5, 0.6) is 0 Å². The molecule has 0 radical (unpaired) electrons. The normalized spacial score (nSPS) is 23.6. The summed E-state index contributed by atoms with van der Waals surface area (Å²) in [5, 5.41) is 3.16. The molecule has 0 aromatic heterocycles. The predicted molar refractivity (Wildman–Crippen MR) is 87.1 cm³/mol. The molecule has 1 aliphatic rings. The van der Waals surface area contributed by atoms with E-state index >= 15 is 0 Å². The van der Waals surface area contributed by atoms with Crippen LogP contribution in [0.3, 0.4) is 0 Å². The van der Waals surface area contributed by atoms with Gasteiger partial charge >= 0.3 is 0 Å². The molecule has 1 saturated heterocycles. The Labute approximate surface area is 130 Å². The van der Waals surface area contributed by atoms with Crippen molar-refractivity contribution >= 4 is 5.91 Å². The van der Waals surface area contributed by atoms with E-state index in [4.69, 9.17) is 10.5 Å². The van der Waals surface area contributed by atoms with Crippen molar-refractivity contribution in [2.75, 3.05) is 6.61 Å². The molecule has 0 bridgehead atoms. The number of carbonyl (C=O) groups excluding carboxylic acids is 1. The Morgan fingerprint density at radius 1 is 1.38 bits per heavy atom. The predicted octanol–water partition coefficient (Wildman–Crippen LogP) is 2.99. The topological polar surface area (TPSA) is 64.4 Å². The summed E-state index contributed by atoms with van der Waals surface area (Å²) in [6.45, 7) is 11.5. The van der Waals surface area contributed by atoms with Gasteiger partial charge in [0.2, 0.25) is 5.91 Å². The van der Waals surface area contributed by atoms with Crippen LogP contribution < -0.4 is 11.1 Å². The molecule has 21 heavy (non-hydrogen) atoms. The zero-order valence-electron chi connectivity index (χ0n) is 14.5. The summed E-state index contributed by atoms with van der Waals surface area (Å²) < 4.78 is 5.95. The van der Waals surface area contributed by atoms with Crippen LogP contribution in [0, 0.1) is 5.41 Å². The van der Waals surface area contributed by atoms with Gasteiger partial charge in [0.1, 0.15) is 0 Å². The second-order valence-corrected chi connectivity index (χ2v) is 7.72. The minimum atomic E-state index is -0.0630. The fourth-order valence-electron chi connectivity index (χ4n) is 3.28. The summed E-state index contributed by atoms with van der Waals surface area (Å²) in [6, 6.07) is 0.167. The van der Waals surface area contributed by atoms with Gasteiger partial charge in [0.15, 0.2) is 0 Å². The van der Waals surface area contributed by atoms with Gasteiger partial charge in [-0.05, 0) is 37.5 Å². The van der Waals surface area contributed by atoms with Gasteiger partial charge in [-0.2, -0.15) is 0 Å². The first kappa shape index (κ1) is 18.4. The van der Waals surface area contributed by atoms with Gasteiger partial charge < -0.3 is 15.8 Å². The van der Waals surface area contributed by atoms with Crippen LogP contribution in [0.2, 0.25) is 0 Å². The van der Waals surface area contributed by atoms with E-state index in [1.807, 2.05) is 0 Å². The van der Waals surface area contributed by atoms with Gasteiger partial charge in [-0.25, -0.2) is 0 Å². The van der Waals surface area contributed by atoms with Crippen molar-refractivity contribution in [2.45, 2.75) is 90.8 Å². The fourth-order valence-corrected chi connectivity index (χ4v) is 3.28. The van der Waals surface area contributed by atoms with E-state index in [-0.39, 0.29) is 29.0 Å². The number of ether oxygens (including phenoxy) is 1. The highest BCUT2D eigenvalue weighted by Gasteiger charge is 2.35. The summed E-state index contributed by atoms with van der Waals surface area (Å²) in [7, 11) is 0. The van der Waals surface area contributed by atoms with Crippen LogP contribution in [0.15, 0.2) is 0 Å². The number of rotatable bonds is 6. The Hall–Kier alpha value is -0.610. The molecule has 0 aromatic rings. The maximum absolute atomic E-state index is 12.2. The molecule has 2 atom stereocenters. The van der Waals surface area contributed by atoms with Gasteiger partial charge in [-0.15, -0.1) is 0 Å². The molecular weight excluding hydrogens is 264 g/mol. The van der Waals surface area contributed by atoms with E-state index < -0.39 is 0 Å². The number of amides is 1. The van der Waals surface area contributed by atoms with E-state index in [9.17, 15) is 4.79 Å². The zero-order valence-corrected chi connectivity index (χ0v) is 14.5. The van der Waals surface area contributed by atoms with E-state index in [1.54, 1.807) is 0 Å². The molecule has 1 amide bonds. The van der Waals surface area contributed by atoms with Crippen molar-refractivity contribution in [3.05, 3.63) is 0 Å². The minimum Gasteiger partial charge on any atom is -0.375 e. The SMILES string of the molecule is CCC1(CC)CC(NC(=O)CC(N)CC(C)(C)C)CCO1. The minimum absolute atomic E-state index is 0.0519. The van der Waals surface area contributed by atoms with Gasteiger partial charge in [0.05, 0.1) is 5.60 Å². The van der Waals surface area contributed by atoms with Crippen molar-refractivity contribution in [1.82, 2.24) is 5.32 Å². The molecule has 0 aromatic carbocycles. The van der Waals surface area contributed by atoms with Crippen LogP contribution in [-0.4, -0.2) is 30.2 Å². The second-order valence-electron chi connectivity index (χ2n) is 7.72. The monoisotopic (exact) mass is 298 g/mol.